The predicted octanol–water partition coefficient (Wildman–Crippen LogP) is 6.96. The number of esters is 2. The van der Waals surface area contributed by atoms with Crippen LogP contribution in [0.5, 0.6) is 5.75 Å². The van der Waals surface area contributed by atoms with Crippen LogP contribution in [-0.4, -0.2) is 37.0 Å². The number of benzene rings is 3. The highest BCUT2D eigenvalue weighted by atomic mass is 32.1. The zero-order valence-corrected chi connectivity index (χ0v) is 28.0. The van der Waals surface area contributed by atoms with E-state index in [4.69, 9.17) is 14.3 Å². The molecule has 0 saturated carbocycles. The highest BCUT2D eigenvalue weighted by Gasteiger charge is 2.61. The molecule has 3 heterocycles. The number of carbonyl (C=O) groups excluding carboxylic acids is 4. The van der Waals surface area contributed by atoms with Gasteiger partial charge in [0.25, 0.3) is 5.91 Å². The molecule has 2 saturated heterocycles. The van der Waals surface area contributed by atoms with Crippen molar-refractivity contribution in [2.45, 2.75) is 52.2 Å². The van der Waals surface area contributed by atoms with E-state index in [-0.39, 0.29) is 5.41 Å². The normalized spacial score (nSPS) is 22.0. The van der Waals surface area contributed by atoms with Crippen LogP contribution in [0.1, 0.15) is 70.0 Å². The molecule has 10 heteroatoms. The fourth-order valence-corrected chi connectivity index (χ4v) is 8.43. The molecule has 1 aliphatic carbocycles. The first-order chi connectivity index (χ1) is 23.1. The number of imide groups is 1. The second-order valence-electron chi connectivity index (χ2n) is 13.5. The van der Waals surface area contributed by atoms with Crippen molar-refractivity contribution >= 4 is 45.8 Å². The van der Waals surface area contributed by atoms with E-state index >= 15 is 0 Å². The van der Waals surface area contributed by atoms with E-state index in [0.717, 1.165) is 28.2 Å². The maximum absolute atomic E-state index is 14.5. The summed E-state index contributed by atoms with van der Waals surface area (Å²) in [6.07, 6.45) is 1.23. The first-order valence-corrected chi connectivity index (χ1v) is 16.9. The zero-order valence-electron chi connectivity index (χ0n) is 27.2. The molecule has 4 aromatic rings. The Labute approximate surface area is 283 Å². The van der Waals surface area contributed by atoms with Crippen LogP contribution >= 0.6 is 11.3 Å². The number of carbonyl (C=O) groups is 4. The standard InChI is InChI=1S/C38H36N2O7S/c1-38(2,3)24-17-20-27-28(21-24)48-35(29(27)37(44)45-4)39-33(41)30-31(40(47-32(30)34(39)42)25-13-9-6-10-14-25)22-15-18-26(19-16-22)46-36(43)23-11-7-5-8-12-23/h5-16,18-19,24,30-32H,17,20-21H2,1-4H3/t24-,30-,31+,32+/m1/s1. The lowest BCUT2D eigenvalue weighted by Crippen LogP contribution is -2.37. The predicted molar refractivity (Wildman–Crippen MR) is 181 cm³/mol. The summed E-state index contributed by atoms with van der Waals surface area (Å²) in [4.78, 5) is 63.1. The van der Waals surface area contributed by atoms with Crippen LogP contribution < -0.4 is 14.7 Å². The van der Waals surface area contributed by atoms with Crippen LogP contribution in [0.2, 0.25) is 0 Å². The van der Waals surface area contributed by atoms with Gasteiger partial charge in [-0.25, -0.2) is 19.6 Å². The molecular formula is C38H36N2O7S. The number of hydroxylamine groups is 1. The molecule has 3 aromatic carbocycles. The summed E-state index contributed by atoms with van der Waals surface area (Å²) in [5, 5.41) is 1.92. The maximum Gasteiger partial charge on any atom is 0.343 e. The molecular weight excluding hydrogens is 628 g/mol. The molecule has 3 aliphatic rings. The lowest BCUT2D eigenvalue weighted by Gasteiger charge is -2.33. The zero-order chi connectivity index (χ0) is 33.7. The number of thiophene rings is 1. The van der Waals surface area contributed by atoms with Crippen molar-refractivity contribution in [2.24, 2.45) is 17.3 Å². The third kappa shape index (κ3) is 5.48. The Morgan fingerprint density at radius 1 is 0.875 bits per heavy atom. The molecule has 0 N–H and O–H groups in total. The van der Waals surface area contributed by atoms with Crippen LogP contribution in [0.15, 0.2) is 84.9 Å². The lowest BCUT2D eigenvalue weighted by molar-refractivity contribution is -0.126. The monoisotopic (exact) mass is 664 g/mol. The minimum atomic E-state index is -1.11. The number of fused-ring (bicyclic) bond motifs is 2. The summed E-state index contributed by atoms with van der Waals surface area (Å²) < 4.78 is 10.8. The number of ether oxygens (including phenoxy) is 2. The summed E-state index contributed by atoms with van der Waals surface area (Å²) in [7, 11) is 1.32. The molecule has 0 radical (unpaired) electrons. The second-order valence-corrected chi connectivity index (χ2v) is 14.6. The van der Waals surface area contributed by atoms with Crippen molar-refractivity contribution in [3.8, 4) is 5.75 Å². The summed E-state index contributed by atoms with van der Waals surface area (Å²) in [5.74, 6) is -2.17. The Hall–Kier alpha value is -4.80. The van der Waals surface area contributed by atoms with Crippen LogP contribution in [-0.2, 0) is 32.0 Å². The Balaban J connectivity index is 1.24. The van der Waals surface area contributed by atoms with Gasteiger partial charge in [0.15, 0.2) is 6.10 Å². The molecule has 2 amide bonds. The molecule has 7 rings (SSSR count). The minimum Gasteiger partial charge on any atom is -0.465 e. The van der Waals surface area contributed by atoms with Crippen LogP contribution in [0.25, 0.3) is 0 Å². The molecule has 0 bridgehead atoms. The molecule has 246 valence electrons. The lowest BCUT2D eigenvalue weighted by atomic mass is 9.72. The van der Waals surface area contributed by atoms with E-state index in [2.05, 4.69) is 20.8 Å². The fraction of sp³-hybridized carbons (Fsp3) is 0.316. The molecule has 0 unspecified atom stereocenters. The van der Waals surface area contributed by atoms with Gasteiger partial charge in [0.1, 0.15) is 16.7 Å². The molecule has 4 atom stereocenters. The molecule has 2 aliphatic heterocycles. The Kier molecular flexibility index (Phi) is 8.17. The quantitative estimate of drug-likeness (QED) is 0.124. The van der Waals surface area contributed by atoms with E-state index in [0.29, 0.717) is 45.5 Å². The Morgan fingerprint density at radius 3 is 2.19 bits per heavy atom. The van der Waals surface area contributed by atoms with Gasteiger partial charge in [0.2, 0.25) is 5.91 Å². The van der Waals surface area contributed by atoms with Crippen molar-refractivity contribution in [1.29, 1.82) is 0 Å². The number of amides is 2. The number of para-hydroxylation sites is 1. The van der Waals surface area contributed by atoms with Gasteiger partial charge in [-0.15, -0.1) is 11.3 Å². The number of rotatable bonds is 6. The summed E-state index contributed by atoms with van der Waals surface area (Å²) >= 11 is 1.33. The van der Waals surface area contributed by atoms with Gasteiger partial charge in [0.05, 0.1) is 30.0 Å². The van der Waals surface area contributed by atoms with Crippen molar-refractivity contribution in [3.05, 3.63) is 112 Å². The number of anilines is 2. The largest absolute Gasteiger partial charge is 0.465 e. The van der Waals surface area contributed by atoms with E-state index in [9.17, 15) is 19.2 Å². The summed E-state index contributed by atoms with van der Waals surface area (Å²) in [6.45, 7) is 6.63. The Morgan fingerprint density at radius 2 is 1.54 bits per heavy atom. The number of nitrogens with zero attached hydrogens (tertiary/aromatic N) is 2. The van der Waals surface area contributed by atoms with Crippen molar-refractivity contribution < 1.29 is 33.5 Å². The van der Waals surface area contributed by atoms with Gasteiger partial charge in [-0.3, -0.25) is 14.4 Å². The van der Waals surface area contributed by atoms with Gasteiger partial charge in [-0.05, 0) is 78.1 Å². The first-order valence-electron chi connectivity index (χ1n) is 16.1. The van der Waals surface area contributed by atoms with Crippen molar-refractivity contribution in [1.82, 2.24) is 0 Å². The average molecular weight is 665 g/mol. The van der Waals surface area contributed by atoms with E-state index in [1.807, 2.05) is 36.4 Å². The molecule has 1 aromatic heterocycles. The van der Waals surface area contributed by atoms with Gasteiger partial charge in [-0.2, -0.15) is 0 Å². The van der Waals surface area contributed by atoms with Crippen LogP contribution in [0.4, 0.5) is 10.7 Å². The number of hydrogen-bond acceptors (Lipinski definition) is 9. The highest BCUT2D eigenvalue weighted by Crippen LogP contribution is 2.51. The third-order valence-corrected chi connectivity index (χ3v) is 10.9. The average Bonchev–Trinajstić information content (AvgIpc) is 3.74. The number of hydrogen-bond donors (Lipinski definition) is 0. The fourth-order valence-electron chi connectivity index (χ4n) is 7.01. The smallest absolute Gasteiger partial charge is 0.343 e. The van der Waals surface area contributed by atoms with Gasteiger partial charge >= 0.3 is 11.9 Å². The SMILES string of the molecule is COC(=O)c1c(N2C(=O)[C@H]3[C@H](ON(c4ccccc4)[C@H]3c3ccc(OC(=O)c4ccccc4)cc3)C2=O)sc2c1CC[C@@H](C(C)(C)C)C2. The molecule has 2 fully saturated rings. The molecule has 48 heavy (non-hydrogen) atoms. The van der Waals surface area contributed by atoms with Gasteiger partial charge in [-0.1, -0.05) is 69.3 Å². The topological polar surface area (TPSA) is 102 Å². The van der Waals surface area contributed by atoms with E-state index < -0.39 is 41.8 Å². The van der Waals surface area contributed by atoms with Crippen LogP contribution in [0, 0.1) is 17.3 Å². The van der Waals surface area contributed by atoms with Crippen LogP contribution in [0.3, 0.4) is 0 Å². The summed E-state index contributed by atoms with van der Waals surface area (Å²) in [5.41, 5.74) is 3.03. The third-order valence-electron chi connectivity index (χ3n) is 9.63. The minimum absolute atomic E-state index is 0.0704. The van der Waals surface area contributed by atoms with Crippen molar-refractivity contribution in [2.75, 3.05) is 17.1 Å². The number of methoxy groups -OCH3 is 1. The van der Waals surface area contributed by atoms with E-state index in [1.54, 1.807) is 53.6 Å². The van der Waals surface area contributed by atoms with Crippen molar-refractivity contribution in [3.63, 3.8) is 0 Å². The highest BCUT2D eigenvalue weighted by molar-refractivity contribution is 7.17. The first kappa shape index (κ1) is 31.8. The molecule has 9 nitrogen and oxygen atoms in total. The molecule has 0 spiro atoms. The Bertz CT molecular complexity index is 1880. The van der Waals surface area contributed by atoms with Gasteiger partial charge in [0, 0.05) is 4.88 Å². The second kappa shape index (κ2) is 12.3. The summed E-state index contributed by atoms with van der Waals surface area (Å²) in [6, 6.07) is 24.2. The maximum atomic E-state index is 14.5. The van der Waals surface area contributed by atoms with E-state index in [1.165, 1.54) is 18.4 Å². The van der Waals surface area contributed by atoms with Gasteiger partial charge < -0.3 is 9.47 Å².